The number of benzene rings is 2. The summed E-state index contributed by atoms with van der Waals surface area (Å²) < 4.78 is 25.7. The molecule has 0 radical (unpaired) electrons. The van der Waals surface area contributed by atoms with Gasteiger partial charge >= 0.3 is 5.97 Å². The maximum Gasteiger partial charge on any atom is 0.341 e. The van der Waals surface area contributed by atoms with E-state index in [1.165, 1.54) is 19.4 Å². The van der Waals surface area contributed by atoms with E-state index in [1.54, 1.807) is 24.5 Å². The lowest BCUT2D eigenvalue weighted by atomic mass is 9.89. The van der Waals surface area contributed by atoms with Crippen LogP contribution in [0.1, 0.15) is 27.5 Å². The number of piperazine rings is 1. The highest BCUT2D eigenvalue weighted by Crippen LogP contribution is 2.47. The van der Waals surface area contributed by atoms with Gasteiger partial charge in [-0.15, -0.1) is 0 Å². The molecule has 1 aliphatic rings. The Balaban J connectivity index is 1.91. The van der Waals surface area contributed by atoms with Gasteiger partial charge in [0.1, 0.15) is 29.0 Å². The predicted octanol–water partition coefficient (Wildman–Crippen LogP) is 3.61. The predicted molar refractivity (Wildman–Crippen MR) is 117 cm³/mol. The average Bonchev–Trinajstić information content (AvgIpc) is 3.27. The van der Waals surface area contributed by atoms with Crippen molar-refractivity contribution >= 4 is 27.7 Å². The third kappa shape index (κ3) is 3.19. The molecule has 1 atom stereocenters. The maximum absolute atomic E-state index is 15.0. The van der Waals surface area contributed by atoms with Gasteiger partial charge in [-0.3, -0.25) is 9.88 Å². The number of pyridine rings is 1. The summed E-state index contributed by atoms with van der Waals surface area (Å²) in [6.45, 7) is 2.94. The van der Waals surface area contributed by atoms with Gasteiger partial charge in [0.05, 0.1) is 18.5 Å². The van der Waals surface area contributed by atoms with Gasteiger partial charge in [-0.25, -0.2) is 9.18 Å². The van der Waals surface area contributed by atoms with Crippen LogP contribution < -0.4 is 5.32 Å². The van der Waals surface area contributed by atoms with Gasteiger partial charge in [0, 0.05) is 54.9 Å². The molecule has 5 rings (SSSR count). The third-order valence-electron chi connectivity index (χ3n) is 6.03. The number of hydrogen-bond acceptors (Lipinski definition) is 7. The van der Waals surface area contributed by atoms with Crippen molar-refractivity contribution in [2.24, 2.45) is 0 Å². The number of fused-ring (bicyclic) bond motifs is 3. The first kappa shape index (κ1) is 20.4. The molecule has 7 nitrogen and oxygen atoms in total. The Morgan fingerprint density at radius 1 is 1.22 bits per heavy atom. The smallest absolute Gasteiger partial charge is 0.341 e. The Kier molecular flexibility index (Phi) is 5.24. The Labute approximate surface area is 183 Å². The number of hydrogen-bond donors (Lipinski definition) is 2. The summed E-state index contributed by atoms with van der Waals surface area (Å²) in [6.07, 6.45) is 4.67. The molecular formula is C24H22FN3O4. The van der Waals surface area contributed by atoms with Crippen LogP contribution in [0.15, 0.2) is 53.4 Å². The van der Waals surface area contributed by atoms with Crippen LogP contribution in [-0.4, -0.2) is 54.2 Å². The number of rotatable bonds is 4. The van der Waals surface area contributed by atoms with Crippen molar-refractivity contribution in [1.82, 2.24) is 15.2 Å². The van der Waals surface area contributed by atoms with Crippen molar-refractivity contribution in [3.63, 3.8) is 0 Å². The van der Waals surface area contributed by atoms with Crippen molar-refractivity contribution in [1.29, 1.82) is 0 Å². The first-order chi connectivity index (χ1) is 15.6. The van der Waals surface area contributed by atoms with E-state index in [9.17, 15) is 14.3 Å². The lowest BCUT2D eigenvalue weighted by Crippen LogP contribution is -2.45. The molecule has 2 N–H and O–H groups in total. The second-order valence-corrected chi connectivity index (χ2v) is 7.74. The summed E-state index contributed by atoms with van der Waals surface area (Å²) in [6, 6.07) is 7.79. The normalized spacial score (nSPS) is 15.8. The summed E-state index contributed by atoms with van der Waals surface area (Å²) in [4.78, 5) is 18.9. The fourth-order valence-electron chi connectivity index (χ4n) is 4.60. The van der Waals surface area contributed by atoms with Gasteiger partial charge in [-0.05, 0) is 23.8 Å². The minimum absolute atomic E-state index is 0.0648. The van der Waals surface area contributed by atoms with E-state index in [-0.39, 0.29) is 16.7 Å². The molecule has 0 amide bonds. The van der Waals surface area contributed by atoms with E-state index in [2.05, 4.69) is 15.2 Å². The molecule has 32 heavy (non-hydrogen) atoms. The zero-order chi connectivity index (χ0) is 22.2. The topological polar surface area (TPSA) is 87.8 Å². The molecule has 164 valence electrons. The van der Waals surface area contributed by atoms with Gasteiger partial charge in [0.25, 0.3) is 0 Å². The summed E-state index contributed by atoms with van der Waals surface area (Å²) in [5, 5.41) is 15.7. The number of furan rings is 1. The number of esters is 1. The van der Waals surface area contributed by atoms with Crippen LogP contribution in [0.2, 0.25) is 0 Å². The first-order valence-corrected chi connectivity index (χ1v) is 10.4. The lowest BCUT2D eigenvalue weighted by Gasteiger charge is -2.36. The minimum atomic E-state index is -0.589. The molecule has 8 heteroatoms. The number of aromatic nitrogens is 1. The van der Waals surface area contributed by atoms with Crippen molar-refractivity contribution in [2.45, 2.75) is 6.04 Å². The second-order valence-electron chi connectivity index (χ2n) is 7.74. The average molecular weight is 435 g/mol. The molecule has 0 saturated carbocycles. The largest absolute Gasteiger partial charge is 0.507 e. The van der Waals surface area contributed by atoms with Crippen molar-refractivity contribution in [3.05, 3.63) is 71.5 Å². The molecule has 2 aromatic heterocycles. The Morgan fingerprint density at radius 3 is 2.69 bits per heavy atom. The van der Waals surface area contributed by atoms with Crippen LogP contribution in [0, 0.1) is 5.82 Å². The van der Waals surface area contributed by atoms with Gasteiger partial charge in [0.15, 0.2) is 0 Å². The van der Waals surface area contributed by atoms with Crippen LogP contribution in [0.4, 0.5) is 4.39 Å². The van der Waals surface area contributed by atoms with E-state index in [0.29, 0.717) is 35.0 Å². The second kappa shape index (κ2) is 8.22. The number of nitrogens with zero attached hydrogens (tertiary/aromatic N) is 2. The summed E-state index contributed by atoms with van der Waals surface area (Å²) in [7, 11) is 1.29. The number of nitrogens with one attached hydrogen (secondary N) is 1. The van der Waals surface area contributed by atoms with Crippen LogP contribution in [0.25, 0.3) is 21.7 Å². The van der Waals surface area contributed by atoms with Crippen molar-refractivity contribution < 1.29 is 23.4 Å². The fourth-order valence-corrected chi connectivity index (χ4v) is 4.60. The van der Waals surface area contributed by atoms with Crippen LogP contribution >= 0.6 is 0 Å². The molecule has 0 bridgehead atoms. The van der Waals surface area contributed by atoms with Crippen LogP contribution in [0.3, 0.4) is 0 Å². The molecule has 0 spiro atoms. The molecule has 4 aromatic rings. The summed E-state index contributed by atoms with van der Waals surface area (Å²) in [5.41, 5.74) is 1.81. The number of ether oxygens (including phenoxy) is 1. The molecule has 3 heterocycles. The zero-order valence-corrected chi connectivity index (χ0v) is 17.5. The van der Waals surface area contributed by atoms with E-state index >= 15 is 0 Å². The highest BCUT2D eigenvalue weighted by atomic mass is 19.1. The maximum atomic E-state index is 15.0. The number of methoxy groups -OCH3 is 1. The lowest BCUT2D eigenvalue weighted by molar-refractivity contribution is 0.0601. The van der Waals surface area contributed by atoms with Crippen molar-refractivity contribution in [3.8, 4) is 5.75 Å². The molecule has 1 unspecified atom stereocenters. The fraction of sp³-hybridized carbons (Fsp3) is 0.250. The molecule has 2 aromatic carbocycles. The molecular weight excluding hydrogens is 413 g/mol. The number of phenols is 1. The minimum Gasteiger partial charge on any atom is -0.507 e. The summed E-state index contributed by atoms with van der Waals surface area (Å²) in [5.74, 6) is -1.36. The van der Waals surface area contributed by atoms with E-state index in [4.69, 9.17) is 9.15 Å². The third-order valence-corrected chi connectivity index (χ3v) is 6.03. The number of carbonyl (C=O) groups is 1. The standard InChI is InChI=1S/C24H22FN3O4/c1-31-24(30)16-13-32-23-15-3-2-4-17(25)18(15)22(29)20(19(16)23)21(14-5-7-26-8-6-14)28-11-9-27-10-12-28/h2-8,13,21,27,29H,9-12H2,1H3. The van der Waals surface area contributed by atoms with Gasteiger partial charge < -0.3 is 19.6 Å². The van der Waals surface area contributed by atoms with E-state index in [0.717, 1.165) is 18.7 Å². The summed E-state index contributed by atoms with van der Waals surface area (Å²) >= 11 is 0. The molecule has 1 aliphatic heterocycles. The molecule has 1 saturated heterocycles. The van der Waals surface area contributed by atoms with Gasteiger partial charge in [-0.1, -0.05) is 12.1 Å². The number of carbonyl (C=O) groups excluding carboxylic acids is 1. The highest BCUT2D eigenvalue weighted by molar-refractivity contribution is 6.16. The van der Waals surface area contributed by atoms with Gasteiger partial charge in [0.2, 0.25) is 0 Å². The Hall–Kier alpha value is -3.49. The quantitative estimate of drug-likeness (QED) is 0.474. The monoisotopic (exact) mass is 435 g/mol. The highest BCUT2D eigenvalue weighted by Gasteiger charge is 2.33. The van der Waals surface area contributed by atoms with Crippen LogP contribution in [0.5, 0.6) is 5.75 Å². The van der Waals surface area contributed by atoms with E-state index in [1.807, 2.05) is 12.1 Å². The zero-order valence-electron chi connectivity index (χ0n) is 17.5. The van der Waals surface area contributed by atoms with Crippen LogP contribution in [-0.2, 0) is 4.74 Å². The Bertz CT molecular complexity index is 1300. The van der Waals surface area contributed by atoms with E-state index < -0.39 is 17.8 Å². The number of aromatic hydroxyl groups is 1. The molecule has 1 fully saturated rings. The number of halogens is 1. The number of phenolic OH excluding ortho intramolecular Hbond substituents is 1. The first-order valence-electron chi connectivity index (χ1n) is 10.4. The molecule has 0 aliphatic carbocycles. The SMILES string of the molecule is COC(=O)c1coc2c1c(C(c1ccncc1)N1CCNCC1)c(O)c1c(F)cccc12. The van der Waals surface area contributed by atoms with Crippen molar-refractivity contribution in [2.75, 3.05) is 33.3 Å². The Morgan fingerprint density at radius 2 is 1.97 bits per heavy atom. The van der Waals surface area contributed by atoms with Gasteiger partial charge in [-0.2, -0.15) is 0 Å².